The van der Waals surface area contributed by atoms with Crippen molar-refractivity contribution in [1.82, 2.24) is 4.98 Å². The molecule has 2 rings (SSSR count). The Kier molecular flexibility index (Phi) is 4.10. The van der Waals surface area contributed by atoms with Crippen molar-refractivity contribution < 1.29 is 4.79 Å². The van der Waals surface area contributed by atoms with Crippen LogP contribution in [-0.4, -0.2) is 10.9 Å². The maximum absolute atomic E-state index is 11.9. The van der Waals surface area contributed by atoms with E-state index in [2.05, 4.69) is 26.2 Å². The topological polar surface area (TPSA) is 42.0 Å². The van der Waals surface area contributed by atoms with E-state index in [1.807, 2.05) is 43.3 Å². The molecule has 0 aliphatic heterocycles. The minimum Gasteiger partial charge on any atom is -0.326 e. The molecule has 1 heterocycles. The third kappa shape index (κ3) is 3.40. The number of amides is 1. The normalized spacial score (nSPS) is 10.1. The first-order valence-corrected chi connectivity index (χ1v) is 6.40. The second kappa shape index (κ2) is 5.78. The Labute approximate surface area is 114 Å². The van der Waals surface area contributed by atoms with Crippen LogP contribution >= 0.6 is 15.9 Å². The van der Waals surface area contributed by atoms with Crippen LogP contribution in [0.25, 0.3) is 0 Å². The van der Waals surface area contributed by atoms with Gasteiger partial charge in [-0.05, 0) is 36.8 Å². The zero-order chi connectivity index (χ0) is 13.0. The lowest BCUT2D eigenvalue weighted by Gasteiger charge is -2.06. The predicted molar refractivity (Wildman–Crippen MR) is 75.4 cm³/mol. The Bertz CT molecular complexity index is 569. The molecule has 1 amide bonds. The maximum atomic E-state index is 11.9. The second-order valence-corrected chi connectivity index (χ2v) is 4.92. The molecule has 0 radical (unpaired) electrons. The van der Waals surface area contributed by atoms with Gasteiger partial charge in [-0.2, -0.15) is 0 Å². The standard InChI is InChI=1S/C14H13BrN2O/c1-10-4-3-7-16-13(10)9-14(18)17-12-6-2-5-11(15)8-12/h2-8H,9H2,1H3,(H,17,18). The summed E-state index contributed by atoms with van der Waals surface area (Å²) >= 11 is 3.37. The van der Waals surface area contributed by atoms with Gasteiger partial charge in [-0.15, -0.1) is 0 Å². The van der Waals surface area contributed by atoms with Crippen LogP contribution < -0.4 is 5.32 Å². The van der Waals surface area contributed by atoms with Crippen molar-refractivity contribution in [2.45, 2.75) is 13.3 Å². The Balaban J connectivity index is 2.03. The van der Waals surface area contributed by atoms with Crippen LogP contribution in [0.15, 0.2) is 47.1 Å². The lowest BCUT2D eigenvalue weighted by atomic mass is 10.1. The third-order valence-corrected chi connectivity index (χ3v) is 3.05. The molecule has 3 nitrogen and oxygen atoms in total. The van der Waals surface area contributed by atoms with Crippen LogP contribution in [0.3, 0.4) is 0 Å². The zero-order valence-corrected chi connectivity index (χ0v) is 11.6. The fourth-order valence-electron chi connectivity index (χ4n) is 1.63. The number of hydrogen-bond donors (Lipinski definition) is 1. The van der Waals surface area contributed by atoms with Crippen LogP contribution in [-0.2, 0) is 11.2 Å². The molecule has 0 unspecified atom stereocenters. The van der Waals surface area contributed by atoms with Gasteiger partial charge in [0.05, 0.1) is 12.1 Å². The first-order chi connectivity index (χ1) is 8.65. The van der Waals surface area contributed by atoms with E-state index < -0.39 is 0 Å². The number of aromatic nitrogens is 1. The molecule has 2 aromatic rings. The second-order valence-electron chi connectivity index (χ2n) is 4.00. The van der Waals surface area contributed by atoms with Crippen molar-refractivity contribution in [2.24, 2.45) is 0 Å². The Morgan fingerprint density at radius 3 is 2.89 bits per heavy atom. The highest BCUT2D eigenvalue weighted by Gasteiger charge is 2.07. The van der Waals surface area contributed by atoms with Crippen molar-refractivity contribution in [3.63, 3.8) is 0 Å². The number of pyridine rings is 1. The summed E-state index contributed by atoms with van der Waals surface area (Å²) in [4.78, 5) is 16.1. The van der Waals surface area contributed by atoms with E-state index in [9.17, 15) is 4.79 Å². The molecule has 0 saturated carbocycles. The van der Waals surface area contributed by atoms with Gasteiger partial charge < -0.3 is 5.32 Å². The molecule has 1 aromatic carbocycles. The molecule has 1 N–H and O–H groups in total. The van der Waals surface area contributed by atoms with E-state index >= 15 is 0 Å². The van der Waals surface area contributed by atoms with Gasteiger partial charge in [0.15, 0.2) is 0 Å². The van der Waals surface area contributed by atoms with Crippen molar-refractivity contribution >= 4 is 27.5 Å². The average molecular weight is 305 g/mol. The van der Waals surface area contributed by atoms with E-state index in [0.717, 1.165) is 21.4 Å². The minimum absolute atomic E-state index is 0.0603. The van der Waals surface area contributed by atoms with Crippen LogP contribution in [0.1, 0.15) is 11.3 Å². The molecular formula is C14H13BrN2O. The molecule has 18 heavy (non-hydrogen) atoms. The summed E-state index contributed by atoms with van der Waals surface area (Å²) in [6, 6.07) is 11.3. The summed E-state index contributed by atoms with van der Waals surface area (Å²) in [6.45, 7) is 1.95. The van der Waals surface area contributed by atoms with E-state index in [0.29, 0.717) is 6.42 Å². The summed E-state index contributed by atoms with van der Waals surface area (Å²) in [5.41, 5.74) is 2.62. The molecule has 0 fully saturated rings. The van der Waals surface area contributed by atoms with Crippen LogP contribution in [0.4, 0.5) is 5.69 Å². The largest absolute Gasteiger partial charge is 0.326 e. The molecule has 0 aliphatic rings. The van der Waals surface area contributed by atoms with Crippen molar-refractivity contribution in [3.8, 4) is 0 Å². The summed E-state index contributed by atoms with van der Waals surface area (Å²) in [7, 11) is 0. The van der Waals surface area contributed by atoms with Gasteiger partial charge in [-0.1, -0.05) is 28.1 Å². The van der Waals surface area contributed by atoms with Crippen molar-refractivity contribution in [1.29, 1.82) is 0 Å². The number of rotatable bonds is 3. The summed E-state index contributed by atoms with van der Waals surface area (Å²) in [5, 5.41) is 2.85. The fourth-order valence-corrected chi connectivity index (χ4v) is 2.03. The highest BCUT2D eigenvalue weighted by molar-refractivity contribution is 9.10. The lowest BCUT2D eigenvalue weighted by Crippen LogP contribution is -2.15. The van der Waals surface area contributed by atoms with Crippen LogP contribution in [0.5, 0.6) is 0 Å². The molecule has 0 aliphatic carbocycles. The lowest BCUT2D eigenvalue weighted by molar-refractivity contribution is -0.115. The first-order valence-electron chi connectivity index (χ1n) is 5.61. The molecule has 1 aromatic heterocycles. The molecule has 0 atom stereocenters. The molecule has 92 valence electrons. The van der Waals surface area contributed by atoms with Gasteiger partial charge in [0.2, 0.25) is 5.91 Å². The zero-order valence-electron chi connectivity index (χ0n) is 9.98. The predicted octanol–water partition coefficient (Wildman–Crippen LogP) is 3.33. The maximum Gasteiger partial charge on any atom is 0.230 e. The number of aryl methyl sites for hydroxylation is 1. The molecule has 0 spiro atoms. The Morgan fingerprint density at radius 1 is 1.33 bits per heavy atom. The number of carbonyl (C=O) groups excluding carboxylic acids is 1. The Morgan fingerprint density at radius 2 is 2.17 bits per heavy atom. The fraction of sp³-hybridized carbons (Fsp3) is 0.143. The van der Waals surface area contributed by atoms with Crippen molar-refractivity contribution in [2.75, 3.05) is 5.32 Å². The number of nitrogens with zero attached hydrogens (tertiary/aromatic N) is 1. The van der Waals surface area contributed by atoms with Gasteiger partial charge in [0.25, 0.3) is 0 Å². The summed E-state index contributed by atoms with van der Waals surface area (Å²) < 4.78 is 0.939. The number of carbonyl (C=O) groups is 1. The molecule has 0 bridgehead atoms. The SMILES string of the molecule is Cc1cccnc1CC(=O)Nc1cccc(Br)c1. The highest BCUT2D eigenvalue weighted by Crippen LogP contribution is 2.16. The van der Waals surface area contributed by atoms with Crippen LogP contribution in [0, 0.1) is 6.92 Å². The van der Waals surface area contributed by atoms with E-state index in [1.165, 1.54) is 0 Å². The summed E-state index contributed by atoms with van der Waals surface area (Å²) in [6.07, 6.45) is 1.99. The average Bonchev–Trinajstić information content (AvgIpc) is 2.32. The van der Waals surface area contributed by atoms with E-state index in [4.69, 9.17) is 0 Å². The van der Waals surface area contributed by atoms with E-state index in [1.54, 1.807) is 6.20 Å². The van der Waals surface area contributed by atoms with Gasteiger partial charge in [0, 0.05) is 16.4 Å². The van der Waals surface area contributed by atoms with Gasteiger partial charge >= 0.3 is 0 Å². The molecular weight excluding hydrogens is 292 g/mol. The van der Waals surface area contributed by atoms with E-state index in [-0.39, 0.29) is 5.91 Å². The molecule has 4 heteroatoms. The van der Waals surface area contributed by atoms with Gasteiger partial charge in [0.1, 0.15) is 0 Å². The summed E-state index contributed by atoms with van der Waals surface area (Å²) in [5.74, 6) is -0.0603. The number of hydrogen-bond acceptors (Lipinski definition) is 2. The van der Waals surface area contributed by atoms with Crippen LogP contribution in [0.2, 0.25) is 0 Å². The van der Waals surface area contributed by atoms with Gasteiger partial charge in [-0.25, -0.2) is 0 Å². The first kappa shape index (κ1) is 12.8. The highest BCUT2D eigenvalue weighted by atomic mass is 79.9. The number of benzene rings is 1. The quantitative estimate of drug-likeness (QED) is 0.945. The molecule has 0 saturated heterocycles. The number of anilines is 1. The number of nitrogens with one attached hydrogen (secondary N) is 1. The number of halogens is 1. The smallest absolute Gasteiger partial charge is 0.230 e. The van der Waals surface area contributed by atoms with Crippen molar-refractivity contribution in [3.05, 3.63) is 58.3 Å². The monoisotopic (exact) mass is 304 g/mol. The minimum atomic E-state index is -0.0603. The third-order valence-electron chi connectivity index (χ3n) is 2.55. The Hall–Kier alpha value is -1.68. The van der Waals surface area contributed by atoms with Gasteiger partial charge in [-0.3, -0.25) is 9.78 Å².